The summed E-state index contributed by atoms with van der Waals surface area (Å²) < 4.78 is 22.9. The molecule has 0 bridgehead atoms. The summed E-state index contributed by atoms with van der Waals surface area (Å²) in [6.45, 7) is 0.872. The van der Waals surface area contributed by atoms with Crippen LogP contribution in [0.5, 0.6) is 5.75 Å². The molecular weight excluding hydrogens is 355 g/mol. The molecule has 0 fully saturated rings. The second-order valence-corrected chi connectivity index (χ2v) is 5.61. The first-order valence-corrected chi connectivity index (χ1v) is 8.03. The van der Waals surface area contributed by atoms with E-state index in [9.17, 15) is 18.8 Å². The largest absolute Gasteiger partial charge is 0.495 e. The number of carbonyl (C=O) groups excluding carboxylic acids is 3. The predicted molar refractivity (Wildman–Crippen MR) is 97.0 cm³/mol. The number of benzene rings is 2. The summed E-state index contributed by atoms with van der Waals surface area (Å²) in [6, 6.07) is 10.1. The number of anilines is 2. The van der Waals surface area contributed by atoms with Gasteiger partial charge in [0.1, 0.15) is 11.6 Å². The predicted octanol–water partition coefficient (Wildman–Crippen LogP) is 2.52. The zero-order valence-electron chi connectivity index (χ0n) is 14.9. The number of carbonyl (C=O) groups is 3. The third kappa shape index (κ3) is 6.43. The Morgan fingerprint density at radius 2 is 1.74 bits per heavy atom. The van der Waals surface area contributed by atoms with Crippen LogP contribution < -0.4 is 15.4 Å². The first-order valence-electron chi connectivity index (χ1n) is 8.03. The SMILES string of the molecule is COc1ccc(NC(C)=O)cc1NC(=O)COC(=O)Cc1ccc(F)cc1. The van der Waals surface area contributed by atoms with E-state index >= 15 is 0 Å². The van der Waals surface area contributed by atoms with E-state index in [0.29, 0.717) is 22.7 Å². The fourth-order valence-electron chi connectivity index (χ4n) is 2.24. The van der Waals surface area contributed by atoms with Crippen LogP contribution in [0.25, 0.3) is 0 Å². The Hall–Kier alpha value is -3.42. The number of hydrogen-bond acceptors (Lipinski definition) is 5. The van der Waals surface area contributed by atoms with Gasteiger partial charge in [0.15, 0.2) is 6.61 Å². The quantitative estimate of drug-likeness (QED) is 0.727. The first-order chi connectivity index (χ1) is 12.9. The molecular formula is C19H19FN2O5. The smallest absolute Gasteiger partial charge is 0.310 e. The van der Waals surface area contributed by atoms with E-state index in [1.807, 2.05) is 0 Å². The lowest BCUT2D eigenvalue weighted by Crippen LogP contribution is -2.22. The van der Waals surface area contributed by atoms with Gasteiger partial charge in [0, 0.05) is 12.6 Å². The topological polar surface area (TPSA) is 93.7 Å². The number of halogens is 1. The van der Waals surface area contributed by atoms with Crippen LogP contribution in [-0.4, -0.2) is 31.5 Å². The summed E-state index contributed by atoms with van der Waals surface area (Å²) in [5.41, 5.74) is 1.38. The molecule has 0 atom stereocenters. The van der Waals surface area contributed by atoms with E-state index in [0.717, 1.165) is 0 Å². The minimum absolute atomic E-state index is 0.0745. The molecule has 0 aromatic heterocycles. The van der Waals surface area contributed by atoms with Crippen LogP contribution in [0.1, 0.15) is 12.5 Å². The van der Waals surface area contributed by atoms with Crippen LogP contribution in [0.3, 0.4) is 0 Å². The lowest BCUT2D eigenvalue weighted by Gasteiger charge is -2.12. The van der Waals surface area contributed by atoms with Crippen LogP contribution in [0.2, 0.25) is 0 Å². The van der Waals surface area contributed by atoms with Gasteiger partial charge in [-0.2, -0.15) is 0 Å². The van der Waals surface area contributed by atoms with Gasteiger partial charge < -0.3 is 20.1 Å². The van der Waals surface area contributed by atoms with Crippen molar-refractivity contribution in [2.24, 2.45) is 0 Å². The average Bonchev–Trinajstić information content (AvgIpc) is 2.62. The maximum atomic E-state index is 12.8. The zero-order valence-corrected chi connectivity index (χ0v) is 14.9. The van der Waals surface area contributed by atoms with E-state index in [1.54, 1.807) is 12.1 Å². The van der Waals surface area contributed by atoms with Crippen molar-refractivity contribution in [2.45, 2.75) is 13.3 Å². The molecule has 0 saturated heterocycles. The van der Waals surface area contributed by atoms with E-state index in [-0.39, 0.29) is 12.3 Å². The van der Waals surface area contributed by atoms with Crippen LogP contribution in [-0.2, 0) is 25.5 Å². The lowest BCUT2D eigenvalue weighted by molar-refractivity contribution is -0.146. The normalized spacial score (nSPS) is 10.0. The van der Waals surface area contributed by atoms with Gasteiger partial charge in [-0.3, -0.25) is 14.4 Å². The molecule has 8 heteroatoms. The van der Waals surface area contributed by atoms with Crippen molar-refractivity contribution in [3.05, 3.63) is 53.8 Å². The number of rotatable bonds is 7. The van der Waals surface area contributed by atoms with Crippen molar-refractivity contribution < 1.29 is 28.2 Å². The molecule has 2 amide bonds. The fraction of sp³-hybridized carbons (Fsp3) is 0.211. The van der Waals surface area contributed by atoms with Gasteiger partial charge in [-0.05, 0) is 35.9 Å². The molecule has 2 N–H and O–H groups in total. The number of hydrogen-bond donors (Lipinski definition) is 2. The van der Waals surface area contributed by atoms with Crippen molar-refractivity contribution in [1.82, 2.24) is 0 Å². The molecule has 2 rings (SSSR count). The fourth-order valence-corrected chi connectivity index (χ4v) is 2.24. The van der Waals surface area contributed by atoms with Crippen molar-refractivity contribution >= 4 is 29.2 Å². The second-order valence-electron chi connectivity index (χ2n) is 5.61. The molecule has 27 heavy (non-hydrogen) atoms. The van der Waals surface area contributed by atoms with Crippen LogP contribution >= 0.6 is 0 Å². The van der Waals surface area contributed by atoms with Gasteiger partial charge >= 0.3 is 5.97 Å². The summed E-state index contributed by atoms with van der Waals surface area (Å²) in [5, 5.41) is 5.15. The highest BCUT2D eigenvalue weighted by Gasteiger charge is 2.12. The summed E-state index contributed by atoms with van der Waals surface area (Å²) in [5.74, 6) is -1.46. The summed E-state index contributed by atoms with van der Waals surface area (Å²) in [7, 11) is 1.44. The Kier molecular flexibility index (Phi) is 6.87. The molecule has 0 aliphatic heterocycles. The highest BCUT2D eigenvalue weighted by molar-refractivity contribution is 5.96. The first kappa shape index (κ1) is 19.9. The Morgan fingerprint density at radius 1 is 1.04 bits per heavy atom. The molecule has 2 aromatic rings. The second kappa shape index (κ2) is 9.33. The van der Waals surface area contributed by atoms with Crippen molar-refractivity contribution in [3.8, 4) is 5.75 Å². The van der Waals surface area contributed by atoms with Gasteiger partial charge in [0.2, 0.25) is 5.91 Å². The molecule has 0 spiro atoms. The summed E-state index contributed by atoms with van der Waals surface area (Å²) >= 11 is 0. The number of ether oxygens (including phenoxy) is 2. The monoisotopic (exact) mass is 374 g/mol. The van der Waals surface area contributed by atoms with Crippen LogP contribution in [0.4, 0.5) is 15.8 Å². The van der Waals surface area contributed by atoms with E-state index in [2.05, 4.69) is 10.6 Å². The minimum Gasteiger partial charge on any atom is -0.495 e. The third-order valence-electron chi connectivity index (χ3n) is 3.42. The Morgan fingerprint density at radius 3 is 2.37 bits per heavy atom. The molecule has 0 heterocycles. The van der Waals surface area contributed by atoms with Gasteiger partial charge in [0.25, 0.3) is 5.91 Å². The average molecular weight is 374 g/mol. The standard InChI is InChI=1S/C19H19FN2O5/c1-12(23)21-15-7-8-17(26-2)16(10-15)22-18(24)11-27-19(25)9-13-3-5-14(20)6-4-13/h3-8,10H,9,11H2,1-2H3,(H,21,23)(H,22,24). The molecule has 7 nitrogen and oxygen atoms in total. The maximum absolute atomic E-state index is 12.8. The molecule has 0 unspecified atom stereocenters. The Labute approximate surface area is 155 Å². The summed E-state index contributed by atoms with van der Waals surface area (Å²) in [6.07, 6.45) is -0.0745. The van der Waals surface area contributed by atoms with Crippen LogP contribution in [0.15, 0.2) is 42.5 Å². The Bertz CT molecular complexity index is 836. The molecule has 0 radical (unpaired) electrons. The maximum Gasteiger partial charge on any atom is 0.310 e. The van der Waals surface area contributed by atoms with Crippen molar-refractivity contribution in [2.75, 3.05) is 24.4 Å². The molecule has 2 aromatic carbocycles. The zero-order chi connectivity index (χ0) is 19.8. The number of esters is 1. The highest BCUT2D eigenvalue weighted by Crippen LogP contribution is 2.27. The van der Waals surface area contributed by atoms with Crippen molar-refractivity contribution in [1.29, 1.82) is 0 Å². The number of nitrogens with one attached hydrogen (secondary N) is 2. The number of methoxy groups -OCH3 is 1. The van der Waals surface area contributed by atoms with E-state index < -0.39 is 24.3 Å². The highest BCUT2D eigenvalue weighted by atomic mass is 19.1. The molecule has 0 aliphatic carbocycles. The minimum atomic E-state index is -0.615. The number of amides is 2. The Balaban J connectivity index is 1.91. The van der Waals surface area contributed by atoms with Gasteiger partial charge in [-0.25, -0.2) is 4.39 Å². The molecule has 0 saturated carbocycles. The third-order valence-corrected chi connectivity index (χ3v) is 3.42. The van der Waals surface area contributed by atoms with E-state index in [1.165, 1.54) is 44.4 Å². The van der Waals surface area contributed by atoms with Gasteiger partial charge in [-0.15, -0.1) is 0 Å². The van der Waals surface area contributed by atoms with Gasteiger partial charge in [0.05, 0.1) is 19.2 Å². The lowest BCUT2D eigenvalue weighted by atomic mass is 10.1. The van der Waals surface area contributed by atoms with Crippen molar-refractivity contribution in [3.63, 3.8) is 0 Å². The van der Waals surface area contributed by atoms with E-state index in [4.69, 9.17) is 9.47 Å². The van der Waals surface area contributed by atoms with Gasteiger partial charge in [-0.1, -0.05) is 12.1 Å². The molecule has 142 valence electrons. The molecule has 0 aliphatic rings. The van der Waals surface area contributed by atoms with Crippen LogP contribution in [0, 0.1) is 5.82 Å². The summed E-state index contributed by atoms with van der Waals surface area (Å²) in [4.78, 5) is 35.0.